The highest BCUT2D eigenvalue weighted by Gasteiger charge is 1.60. The van der Waals surface area contributed by atoms with Gasteiger partial charge in [0.15, 0.2) is 0 Å². The van der Waals surface area contributed by atoms with Crippen LogP contribution in [0.1, 0.15) is 0 Å². The van der Waals surface area contributed by atoms with Crippen molar-refractivity contribution in [1.82, 2.24) is 0 Å². The standard InChI is InChI=1S/C2H6OSi2/c1-2-3-5-4/h1H,5H2,4H3. The second-order valence-electron chi connectivity index (χ2n) is 0.551. The van der Waals surface area contributed by atoms with E-state index in [4.69, 9.17) is 6.42 Å². The van der Waals surface area contributed by atoms with E-state index < -0.39 is 0 Å². The predicted octanol–water partition coefficient (Wildman–Crippen LogP) is -2.04. The minimum absolute atomic E-state index is 0.183. The van der Waals surface area contributed by atoms with Gasteiger partial charge in [0.05, 0.1) is 6.11 Å². The van der Waals surface area contributed by atoms with Crippen molar-refractivity contribution in [3.63, 3.8) is 0 Å². The number of rotatable bonds is 1. The molecule has 0 saturated carbocycles. The Bertz CT molecular complexity index is 46.1. The Morgan fingerprint density at radius 1 is 2.00 bits per heavy atom. The van der Waals surface area contributed by atoms with Crippen LogP contribution in [0.15, 0.2) is 0 Å². The van der Waals surface area contributed by atoms with E-state index in [9.17, 15) is 0 Å². The van der Waals surface area contributed by atoms with Gasteiger partial charge in [0.25, 0.3) is 0 Å². The quantitative estimate of drug-likeness (QED) is 0.274. The molecule has 0 aromatic heterocycles. The van der Waals surface area contributed by atoms with Crippen LogP contribution in [0.25, 0.3) is 0 Å². The van der Waals surface area contributed by atoms with Gasteiger partial charge < -0.3 is 4.43 Å². The summed E-state index contributed by atoms with van der Waals surface area (Å²) < 4.78 is 4.56. The van der Waals surface area contributed by atoms with E-state index >= 15 is 0 Å². The smallest absolute Gasteiger partial charge is 0.209 e. The highest BCUT2D eigenvalue weighted by Crippen LogP contribution is 1.48. The molecule has 0 amide bonds. The molecular weight excluding hydrogens is 96.2 g/mol. The summed E-state index contributed by atoms with van der Waals surface area (Å²) >= 11 is 0. The molecule has 0 heterocycles. The fourth-order valence-corrected chi connectivity index (χ4v) is 0.750. The molecular formula is C2H6OSi2. The average Bonchev–Trinajstić information content (AvgIpc) is 1.41. The molecule has 28 valence electrons. The molecule has 0 spiro atoms. The van der Waals surface area contributed by atoms with Crippen molar-refractivity contribution in [1.29, 1.82) is 0 Å². The molecule has 0 rings (SSSR count). The van der Waals surface area contributed by atoms with Gasteiger partial charge in [-0.05, 0) is 0 Å². The van der Waals surface area contributed by atoms with Crippen molar-refractivity contribution in [3.8, 4) is 12.5 Å². The van der Waals surface area contributed by atoms with Crippen molar-refractivity contribution in [3.05, 3.63) is 0 Å². The molecule has 5 heavy (non-hydrogen) atoms. The molecule has 0 aromatic carbocycles. The van der Waals surface area contributed by atoms with Gasteiger partial charge in [-0.25, -0.2) is 0 Å². The van der Waals surface area contributed by atoms with Gasteiger partial charge in [-0.3, -0.25) is 0 Å². The summed E-state index contributed by atoms with van der Waals surface area (Å²) in [7, 11) is 0.990. The van der Waals surface area contributed by atoms with E-state index in [2.05, 4.69) is 10.5 Å². The summed E-state index contributed by atoms with van der Waals surface area (Å²) in [6.07, 6.45) is 6.84. The maximum Gasteiger partial charge on any atom is 0.209 e. The van der Waals surface area contributed by atoms with Crippen molar-refractivity contribution in [2.45, 2.75) is 0 Å². The van der Waals surface area contributed by atoms with Crippen molar-refractivity contribution in [2.24, 2.45) is 0 Å². The zero-order valence-electron chi connectivity index (χ0n) is 3.19. The van der Waals surface area contributed by atoms with Crippen LogP contribution in [0.4, 0.5) is 0 Å². The normalized spacial score (nSPS) is 8.60. The molecule has 0 bridgehead atoms. The first-order valence-electron chi connectivity index (χ1n) is 1.49. The maximum absolute atomic E-state index is 4.72. The number of hydrogen-bond acceptors (Lipinski definition) is 1. The molecule has 3 heteroatoms. The van der Waals surface area contributed by atoms with Gasteiger partial charge in [0.2, 0.25) is 9.28 Å². The Labute approximate surface area is 36.9 Å². The monoisotopic (exact) mass is 102 g/mol. The van der Waals surface area contributed by atoms with Crippen LogP contribution in [-0.2, 0) is 4.43 Å². The summed E-state index contributed by atoms with van der Waals surface area (Å²) in [5, 5.41) is 0. The Balaban J connectivity index is 2.48. The molecule has 0 unspecified atom stereocenters. The van der Waals surface area contributed by atoms with E-state index in [0.29, 0.717) is 0 Å². The zero-order chi connectivity index (χ0) is 4.12. The second-order valence-corrected chi connectivity index (χ2v) is 3.15. The molecule has 0 N–H and O–H groups in total. The molecule has 0 aromatic rings. The van der Waals surface area contributed by atoms with Crippen LogP contribution in [0, 0.1) is 12.5 Å². The number of terminal acetylenes is 1. The summed E-state index contributed by atoms with van der Waals surface area (Å²) in [5.74, 6) is 0. The van der Waals surface area contributed by atoms with E-state index in [1.807, 2.05) is 0 Å². The summed E-state index contributed by atoms with van der Waals surface area (Å²) in [5.41, 5.74) is 0. The van der Waals surface area contributed by atoms with Crippen LogP contribution >= 0.6 is 0 Å². The number of hydrogen-bond donors (Lipinski definition) is 0. The second kappa shape index (κ2) is 3.79. The van der Waals surface area contributed by atoms with E-state index in [0.717, 1.165) is 0 Å². The molecule has 0 aliphatic carbocycles. The summed E-state index contributed by atoms with van der Waals surface area (Å²) in [6.45, 7) is 0. The van der Waals surface area contributed by atoms with Crippen molar-refractivity contribution < 1.29 is 4.43 Å². The third-order valence-electron chi connectivity index (χ3n) is 0.228. The first kappa shape index (κ1) is 4.79. The SMILES string of the molecule is C#CO[SiH2][SiH3]. The first-order valence-corrected chi connectivity index (χ1v) is 7.72. The van der Waals surface area contributed by atoms with Gasteiger partial charge in [-0.1, -0.05) is 6.42 Å². The molecule has 0 saturated heterocycles. The van der Waals surface area contributed by atoms with Gasteiger partial charge >= 0.3 is 0 Å². The molecule has 0 aliphatic heterocycles. The lowest BCUT2D eigenvalue weighted by Gasteiger charge is -1.79. The largest absolute Gasteiger partial charge is 0.513 e. The van der Waals surface area contributed by atoms with Crippen LogP contribution in [0.3, 0.4) is 0 Å². The lowest BCUT2D eigenvalue weighted by molar-refractivity contribution is 0.574. The van der Waals surface area contributed by atoms with E-state index in [-0.39, 0.29) is 9.28 Å². The van der Waals surface area contributed by atoms with Crippen LogP contribution in [0.2, 0.25) is 0 Å². The molecule has 0 fully saturated rings. The molecule has 1 nitrogen and oxygen atoms in total. The summed E-state index contributed by atoms with van der Waals surface area (Å²) in [6, 6.07) is 0. The zero-order valence-corrected chi connectivity index (χ0v) is 6.61. The topological polar surface area (TPSA) is 9.23 Å². The fraction of sp³-hybridized carbons (Fsp3) is 0. The first-order chi connectivity index (χ1) is 2.41. The fourth-order valence-electron chi connectivity index (χ4n) is 0.0833. The third kappa shape index (κ3) is 3.79. The molecule has 0 aliphatic rings. The third-order valence-corrected chi connectivity index (χ3v) is 1.55. The lowest BCUT2D eigenvalue weighted by Crippen LogP contribution is -1.87. The highest BCUT2D eigenvalue weighted by atomic mass is 29.1. The van der Waals surface area contributed by atoms with Crippen molar-refractivity contribution >= 4 is 19.0 Å². The summed E-state index contributed by atoms with van der Waals surface area (Å²) in [4.78, 5) is 0. The Hall–Kier alpha value is -0.206. The highest BCUT2D eigenvalue weighted by molar-refractivity contribution is 6.85. The minimum Gasteiger partial charge on any atom is -0.513 e. The lowest BCUT2D eigenvalue weighted by atomic mass is 11.3. The van der Waals surface area contributed by atoms with Gasteiger partial charge in [-0.15, -0.1) is 0 Å². The maximum atomic E-state index is 4.72. The van der Waals surface area contributed by atoms with Gasteiger partial charge in [0.1, 0.15) is 0 Å². The van der Waals surface area contributed by atoms with Crippen molar-refractivity contribution in [2.75, 3.05) is 0 Å². The Kier molecular flexibility index (Phi) is 3.64. The van der Waals surface area contributed by atoms with Crippen LogP contribution in [-0.4, -0.2) is 19.0 Å². The van der Waals surface area contributed by atoms with Gasteiger partial charge in [0, 0.05) is 9.76 Å². The van der Waals surface area contributed by atoms with Gasteiger partial charge in [-0.2, -0.15) is 0 Å². The molecule has 0 atom stereocenters. The average molecular weight is 102 g/mol. The van der Waals surface area contributed by atoms with Crippen LogP contribution < -0.4 is 0 Å². The van der Waals surface area contributed by atoms with E-state index in [1.165, 1.54) is 9.76 Å². The molecule has 0 radical (unpaired) electrons. The van der Waals surface area contributed by atoms with E-state index in [1.54, 1.807) is 0 Å². The Morgan fingerprint density at radius 2 is 2.60 bits per heavy atom. The van der Waals surface area contributed by atoms with Crippen LogP contribution in [0.5, 0.6) is 0 Å². The minimum atomic E-state index is -0.183. The predicted molar refractivity (Wildman–Crippen MR) is 28.4 cm³/mol. The Morgan fingerprint density at radius 3 is 2.60 bits per heavy atom.